The van der Waals surface area contributed by atoms with Crippen LogP contribution in [0.3, 0.4) is 0 Å². The molecule has 1 saturated heterocycles. The fourth-order valence-corrected chi connectivity index (χ4v) is 4.97. The van der Waals surface area contributed by atoms with Crippen LogP contribution < -0.4 is 4.90 Å². The van der Waals surface area contributed by atoms with Crippen LogP contribution in [-0.2, 0) is 11.1 Å². The van der Waals surface area contributed by atoms with E-state index < -0.39 is 19.7 Å². The van der Waals surface area contributed by atoms with Gasteiger partial charge in [0, 0.05) is 36.7 Å². The Morgan fingerprint density at radius 1 is 1.15 bits per heavy atom. The molecular formula is C22H23F2N4O4P. The van der Waals surface area contributed by atoms with Gasteiger partial charge in [0.1, 0.15) is 0 Å². The summed E-state index contributed by atoms with van der Waals surface area (Å²) < 4.78 is 42.3. The van der Waals surface area contributed by atoms with E-state index in [0.717, 1.165) is 16.8 Å². The first-order valence-electron chi connectivity index (χ1n) is 10.4. The minimum atomic E-state index is -3.16. The van der Waals surface area contributed by atoms with E-state index in [4.69, 9.17) is 4.42 Å². The van der Waals surface area contributed by atoms with E-state index in [2.05, 4.69) is 10.2 Å². The number of anilines is 1. The van der Waals surface area contributed by atoms with Gasteiger partial charge in [-0.25, -0.2) is 4.79 Å². The molecule has 8 nitrogen and oxygen atoms in total. The molecule has 0 bridgehead atoms. The minimum absolute atomic E-state index is 0.00886. The number of nitrogens with zero attached hydrogens (tertiary/aromatic N) is 4. The van der Waals surface area contributed by atoms with Gasteiger partial charge in [0.2, 0.25) is 13.3 Å². The third kappa shape index (κ3) is 5.29. The van der Waals surface area contributed by atoms with E-state index in [9.17, 15) is 23.0 Å². The molecule has 1 aliphatic heterocycles. The van der Waals surface area contributed by atoms with E-state index >= 15 is 0 Å². The van der Waals surface area contributed by atoms with Crippen molar-refractivity contribution in [2.24, 2.45) is 0 Å². The van der Waals surface area contributed by atoms with Crippen molar-refractivity contribution in [3.63, 3.8) is 0 Å². The molecule has 2 amide bonds. The molecule has 1 fully saturated rings. The summed E-state index contributed by atoms with van der Waals surface area (Å²) in [5.74, 6) is -0.746. The first-order chi connectivity index (χ1) is 15.7. The average Bonchev–Trinajstić information content (AvgIpc) is 3.29. The molecular weight excluding hydrogens is 453 g/mol. The number of urea groups is 1. The Balaban J connectivity index is 1.57. The number of aryl methyl sites for hydroxylation is 1. The minimum Gasteiger partial charge on any atom is -0.415 e. The molecule has 0 spiro atoms. The molecule has 0 unspecified atom stereocenters. The highest BCUT2D eigenvalue weighted by Crippen LogP contribution is 2.42. The number of rotatable bonds is 5. The Labute approximate surface area is 189 Å². The number of carbonyl (C=O) groups excluding carboxylic acids is 1. The van der Waals surface area contributed by atoms with Gasteiger partial charge in [0.25, 0.3) is 5.89 Å². The summed E-state index contributed by atoms with van der Waals surface area (Å²) in [6.45, 7) is 2.60. The number of para-hydroxylation sites is 1. The molecule has 0 radical (unpaired) electrons. The van der Waals surface area contributed by atoms with E-state index in [1.165, 1.54) is 0 Å². The smallest absolute Gasteiger partial charge is 0.324 e. The second kappa shape index (κ2) is 9.41. The molecule has 4 rings (SSSR count). The van der Waals surface area contributed by atoms with Crippen LogP contribution in [0.25, 0.3) is 11.5 Å². The van der Waals surface area contributed by atoms with Crippen molar-refractivity contribution in [1.29, 1.82) is 0 Å². The number of hydrogen-bond donors (Lipinski definition) is 1. The highest BCUT2D eigenvalue weighted by Gasteiger charge is 2.32. The van der Waals surface area contributed by atoms with E-state index in [-0.39, 0.29) is 43.9 Å². The van der Waals surface area contributed by atoms with Crippen molar-refractivity contribution in [2.45, 2.75) is 19.9 Å². The van der Waals surface area contributed by atoms with Gasteiger partial charge in [-0.05, 0) is 36.2 Å². The lowest BCUT2D eigenvalue weighted by atomic mass is 10.1. The highest BCUT2D eigenvalue weighted by atomic mass is 31.2. The van der Waals surface area contributed by atoms with Gasteiger partial charge in [-0.1, -0.05) is 30.3 Å². The predicted molar refractivity (Wildman–Crippen MR) is 119 cm³/mol. The Morgan fingerprint density at radius 3 is 2.42 bits per heavy atom. The lowest BCUT2D eigenvalue weighted by Crippen LogP contribution is -2.47. The Hall–Kier alpha value is -3.10. The van der Waals surface area contributed by atoms with E-state index in [0.29, 0.717) is 5.56 Å². The zero-order chi connectivity index (χ0) is 23.6. The van der Waals surface area contributed by atoms with Gasteiger partial charge < -0.3 is 14.2 Å². The molecule has 3 aromatic rings. The zero-order valence-electron chi connectivity index (χ0n) is 17.9. The van der Waals surface area contributed by atoms with Crippen LogP contribution in [0.5, 0.6) is 0 Å². The Bertz CT molecular complexity index is 1170. The molecule has 2 heterocycles. The van der Waals surface area contributed by atoms with Crippen LogP contribution >= 0.6 is 7.37 Å². The molecule has 0 saturated carbocycles. The van der Waals surface area contributed by atoms with Crippen molar-refractivity contribution >= 4 is 19.1 Å². The average molecular weight is 476 g/mol. The molecule has 1 aromatic heterocycles. The lowest BCUT2D eigenvalue weighted by molar-refractivity contribution is 0.116. The largest absolute Gasteiger partial charge is 0.415 e. The monoisotopic (exact) mass is 476 g/mol. The Kier molecular flexibility index (Phi) is 6.58. The molecule has 0 atom stereocenters. The molecule has 1 aliphatic rings. The number of aromatic nitrogens is 2. The first kappa shape index (κ1) is 23.1. The molecule has 11 heteroatoms. The molecule has 0 aliphatic carbocycles. The normalized spacial score (nSPS) is 15.6. The summed E-state index contributed by atoms with van der Waals surface area (Å²) >= 11 is 0. The highest BCUT2D eigenvalue weighted by molar-refractivity contribution is 7.58. The zero-order valence-corrected chi connectivity index (χ0v) is 18.8. The number of halogens is 2. The van der Waals surface area contributed by atoms with Crippen molar-refractivity contribution in [2.75, 3.05) is 30.3 Å². The lowest BCUT2D eigenvalue weighted by Gasteiger charge is -2.35. The third-order valence-corrected chi connectivity index (χ3v) is 7.31. The van der Waals surface area contributed by atoms with E-state index in [1.54, 1.807) is 34.1 Å². The quantitative estimate of drug-likeness (QED) is 0.536. The van der Waals surface area contributed by atoms with Gasteiger partial charge in [-0.15, -0.1) is 10.2 Å². The fraction of sp³-hybridized carbons (Fsp3) is 0.318. The number of carbonyl (C=O) groups is 1. The summed E-state index contributed by atoms with van der Waals surface area (Å²) in [4.78, 5) is 26.4. The maximum Gasteiger partial charge on any atom is 0.324 e. The summed E-state index contributed by atoms with van der Waals surface area (Å²) in [6, 6.07) is 14.1. The van der Waals surface area contributed by atoms with Gasteiger partial charge in [0.15, 0.2) is 0 Å². The van der Waals surface area contributed by atoms with Gasteiger partial charge in [-0.3, -0.25) is 9.46 Å². The van der Waals surface area contributed by atoms with Crippen molar-refractivity contribution in [1.82, 2.24) is 15.1 Å². The topological polar surface area (TPSA) is 99.8 Å². The van der Waals surface area contributed by atoms with E-state index in [1.807, 2.05) is 31.2 Å². The predicted octanol–water partition coefficient (Wildman–Crippen LogP) is 4.70. The Morgan fingerprint density at radius 2 is 1.82 bits per heavy atom. The van der Waals surface area contributed by atoms with Crippen molar-refractivity contribution < 1.29 is 27.5 Å². The number of amides is 2. The molecule has 174 valence electrons. The number of benzene rings is 2. The molecule has 33 heavy (non-hydrogen) atoms. The second-order valence-electron chi connectivity index (χ2n) is 7.88. The standard InChI is InChI=1S/C22H23F2N4O4P/c1-15-4-2-3-5-18(15)28(22(29)27-10-12-33(30,31)13-11-27)14-16-6-8-17(9-7-16)20-25-26-21(32-20)19(23)24/h2-9,19H,10-14H2,1H3,(H,30,31). The molecule has 1 N–H and O–H groups in total. The van der Waals surface area contributed by atoms with Crippen LogP contribution in [0, 0.1) is 6.92 Å². The van der Waals surface area contributed by atoms with Crippen LogP contribution in [0.4, 0.5) is 19.3 Å². The van der Waals surface area contributed by atoms with Gasteiger partial charge in [-0.2, -0.15) is 8.78 Å². The van der Waals surface area contributed by atoms with Gasteiger partial charge in [0.05, 0.1) is 6.54 Å². The van der Waals surface area contributed by atoms with Crippen LogP contribution in [-0.4, -0.2) is 51.4 Å². The second-order valence-corrected chi connectivity index (χ2v) is 10.5. The summed E-state index contributed by atoms with van der Waals surface area (Å²) in [7, 11) is -3.16. The molecule has 2 aromatic carbocycles. The van der Waals surface area contributed by atoms with Gasteiger partial charge >= 0.3 is 12.5 Å². The third-order valence-electron chi connectivity index (χ3n) is 5.52. The SMILES string of the molecule is Cc1ccccc1N(Cc1ccc(-c2nnc(C(F)F)o2)cc1)C(=O)N1CCP(=O)(O)CC1. The first-order valence-corrected chi connectivity index (χ1v) is 12.4. The van der Waals surface area contributed by atoms with Crippen LogP contribution in [0.15, 0.2) is 52.9 Å². The number of hydrogen-bond acceptors (Lipinski definition) is 5. The summed E-state index contributed by atoms with van der Waals surface area (Å²) in [6.07, 6.45) is -2.67. The summed E-state index contributed by atoms with van der Waals surface area (Å²) in [5.41, 5.74) is 2.94. The maximum absolute atomic E-state index is 13.4. The van der Waals surface area contributed by atoms with Crippen LogP contribution in [0.1, 0.15) is 23.4 Å². The summed E-state index contributed by atoms with van der Waals surface area (Å²) in [5, 5.41) is 6.98. The van der Waals surface area contributed by atoms with Crippen molar-refractivity contribution in [3.05, 3.63) is 65.5 Å². The fourth-order valence-electron chi connectivity index (χ4n) is 3.64. The maximum atomic E-state index is 13.4. The number of alkyl halides is 2. The van der Waals surface area contributed by atoms with Crippen molar-refractivity contribution in [3.8, 4) is 11.5 Å². The van der Waals surface area contributed by atoms with Crippen LogP contribution in [0.2, 0.25) is 0 Å².